The van der Waals surface area contributed by atoms with Crippen LogP contribution in [0.3, 0.4) is 0 Å². The van der Waals surface area contributed by atoms with E-state index in [4.69, 9.17) is 38.6 Å². The second kappa shape index (κ2) is 29.1. The van der Waals surface area contributed by atoms with E-state index in [9.17, 15) is 0 Å². The number of anilines is 1. The lowest BCUT2D eigenvalue weighted by Gasteiger charge is -2.19. The molecule has 276 valence electrons. The molecule has 0 bridgehead atoms. The summed E-state index contributed by atoms with van der Waals surface area (Å²) in [4.78, 5) is 12.7. The highest BCUT2D eigenvalue weighted by Gasteiger charge is 2.22. The zero-order valence-electron chi connectivity index (χ0n) is 29.1. The van der Waals surface area contributed by atoms with Gasteiger partial charge in [0.15, 0.2) is 15.4 Å². The normalized spacial score (nSPS) is 16.8. The first-order valence-electron chi connectivity index (χ1n) is 15.3. The van der Waals surface area contributed by atoms with Crippen LogP contribution < -0.4 is 26.3 Å². The maximum atomic E-state index is 6.64. The van der Waals surface area contributed by atoms with Crippen LogP contribution in [0.1, 0.15) is 39.5 Å². The average molecular weight is 810 g/mol. The molecule has 17 heteroatoms. The van der Waals surface area contributed by atoms with Crippen molar-refractivity contribution in [1.82, 2.24) is 9.80 Å². The lowest BCUT2D eigenvalue weighted by atomic mass is 10.2. The number of likely N-dealkylation sites (N-methyl/N-ethyl adjacent to an activating group) is 2. The molecule has 4 rings (SSSR count). The zero-order chi connectivity index (χ0) is 33.7. The van der Waals surface area contributed by atoms with Crippen LogP contribution >= 0.6 is 80.2 Å². The van der Waals surface area contributed by atoms with Crippen molar-refractivity contribution in [2.75, 3.05) is 57.2 Å². The fourth-order valence-corrected chi connectivity index (χ4v) is 5.80. The third kappa shape index (κ3) is 21.4. The van der Waals surface area contributed by atoms with Gasteiger partial charge in [-0.2, -0.15) is 29.8 Å². The molecule has 0 aromatic heterocycles. The molecule has 2 saturated heterocycles. The largest absolute Gasteiger partial charge is 0.492 e. The predicted molar refractivity (Wildman–Crippen MR) is 235 cm³/mol. The number of hydrogen-bond acceptors (Lipinski definition) is 10. The minimum Gasteiger partial charge on any atom is -0.492 e. The highest BCUT2D eigenvalue weighted by molar-refractivity contribution is 8.14. The molecule has 2 fully saturated rings. The Labute approximate surface area is 325 Å². The highest BCUT2D eigenvalue weighted by Crippen LogP contribution is 2.21. The zero-order valence-corrected chi connectivity index (χ0v) is 36.0. The number of hydrogen-bond donors (Lipinski definition) is 4. The van der Waals surface area contributed by atoms with Crippen molar-refractivity contribution < 1.29 is 9.47 Å². The average Bonchev–Trinajstić information content (AvgIpc) is 3.64. The monoisotopic (exact) mass is 808 g/mol. The van der Waals surface area contributed by atoms with Gasteiger partial charge in [-0.15, -0.1) is 12.4 Å². The summed E-state index contributed by atoms with van der Waals surface area (Å²) in [5.41, 5.74) is 12.4. The van der Waals surface area contributed by atoms with Crippen LogP contribution in [0.4, 0.5) is 11.4 Å². The quantitative estimate of drug-likeness (QED) is 0.0856. The number of likely N-dealkylation sites (tertiary alicyclic amines) is 2. The van der Waals surface area contributed by atoms with E-state index in [1.165, 1.54) is 55.8 Å². The number of isothiocyanates is 1. The van der Waals surface area contributed by atoms with E-state index < -0.39 is 0 Å². The van der Waals surface area contributed by atoms with Crippen LogP contribution in [0, 0.1) is 5.41 Å². The standard InChI is InChI=1S/C16H24N4OS2.C13H16N2OS.C3H8N2S.ClH.2H3P/c1-3-23-15(17)19-16(22)18-12-6-8-14(9-7-12)21-11-13-5-4-10-20(13)2;1-15-8-2-3-12(15)9-16-13-6-4-11(5-7-13)14-10-17;1-2-6-3(4)5;;;/h6-9,13H,3-5,10-11H2,1-2H3,(H3,17,18,19,22);4-7,12H,2-3,8-9H2,1H3;2H2,1H3,(H3,4,5);1H;2*1H3/t13-;12-;;;;/m00..../s1. The lowest BCUT2D eigenvalue weighted by Crippen LogP contribution is -2.30. The molecule has 0 aliphatic carbocycles. The SMILES string of the molecule is CCSC(=N)N.CCSC(N)=NC(=S)Nc1ccc(OC[C@@H]2CCCN2C)cc1.CN1CCC[C@H]1COc1ccc(N=C=S)cc1.Cl.P.P. The van der Waals surface area contributed by atoms with Gasteiger partial charge in [0.1, 0.15) is 24.7 Å². The number of rotatable bonds is 10. The van der Waals surface area contributed by atoms with Crippen LogP contribution in [0.2, 0.25) is 0 Å². The van der Waals surface area contributed by atoms with Gasteiger partial charge in [0, 0.05) is 17.8 Å². The lowest BCUT2D eigenvalue weighted by molar-refractivity contribution is 0.198. The maximum Gasteiger partial charge on any atom is 0.199 e. The number of nitrogens with zero attached hydrogens (tertiary/aromatic N) is 4. The Hall–Kier alpha value is -1.56. The molecule has 6 N–H and O–H groups in total. The first kappa shape index (κ1) is 49.6. The number of nitrogens with two attached hydrogens (primary N) is 2. The molecule has 49 heavy (non-hydrogen) atoms. The molecule has 2 aliphatic heterocycles. The van der Waals surface area contributed by atoms with E-state index in [1.807, 2.05) is 62.4 Å². The maximum absolute atomic E-state index is 6.64. The second-order valence-electron chi connectivity index (χ2n) is 10.5. The van der Waals surface area contributed by atoms with Crippen LogP contribution in [-0.4, -0.2) is 94.4 Å². The van der Waals surface area contributed by atoms with Gasteiger partial charge in [-0.05, 0) is 137 Å². The third-order valence-corrected chi connectivity index (χ3v) is 8.71. The summed E-state index contributed by atoms with van der Waals surface area (Å²) in [5.74, 6) is 3.52. The van der Waals surface area contributed by atoms with Crippen LogP contribution in [-0.2, 0) is 0 Å². The van der Waals surface area contributed by atoms with E-state index in [-0.39, 0.29) is 37.4 Å². The van der Waals surface area contributed by atoms with Gasteiger partial charge in [-0.25, -0.2) is 0 Å². The minimum atomic E-state index is 0. The van der Waals surface area contributed by atoms with E-state index in [0.717, 1.165) is 54.1 Å². The third-order valence-electron chi connectivity index (χ3n) is 7.15. The first-order valence-corrected chi connectivity index (χ1v) is 18.1. The number of nitrogens with one attached hydrogen (secondary N) is 2. The fraction of sp³-hybridized carbons (Fsp3) is 0.500. The van der Waals surface area contributed by atoms with Crippen molar-refractivity contribution >= 4 is 112 Å². The summed E-state index contributed by atoms with van der Waals surface area (Å²) in [6, 6.07) is 16.4. The molecule has 4 atom stereocenters. The van der Waals surface area contributed by atoms with E-state index >= 15 is 0 Å². The summed E-state index contributed by atoms with van der Waals surface area (Å²) in [6.45, 7) is 7.81. The van der Waals surface area contributed by atoms with Crippen molar-refractivity contribution in [3.63, 3.8) is 0 Å². The molecule has 0 saturated carbocycles. The van der Waals surface area contributed by atoms with Gasteiger partial charge in [0.25, 0.3) is 0 Å². The predicted octanol–water partition coefficient (Wildman–Crippen LogP) is 6.99. The molecule has 0 spiro atoms. The van der Waals surface area contributed by atoms with Crippen LogP contribution in [0.25, 0.3) is 0 Å². The van der Waals surface area contributed by atoms with Gasteiger partial charge in [-0.1, -0.05) is 37.4 Å². The second-order valence-corrected chi connectivity index (χ2v) is 13.7. The number of thiocarbonyl (C=S) groups is 2. The van der Waals surface area contributed by atoms with Crippen molar-refractivity contribution in [3.05, 3.63) is 48.5 Å². The summed E-state index contributed by atoms with van der Waals surface area (Å²) < 4.78 is 11.6. The number of aliphatic imine (C=N–C) groups is 2. The molecular formula is C32H55ClN8O2P2S4. The number of halogens is 1. The fourth-order valence-electron chi connectivity index (χ4n) is 4.66. The van der Waals surface area contributed by atoms with Gasteiger partial charge in [0.2, 0.25) is 0 Å². The minimum absolute atomic E-state index is 0. The topological polar surface area (TPSA) is 138 Å². The number of ether oxygens (including phenoxy) is 2. The van der Waals surface area contributed by atoms with Crippen molar-refractivity contribution in [1.29, 1.82) is 5.41 Å². The smallest absolute Gasteiger partial charge is 0.199 e. The Morgan fingerprint density at radius 1 is 0.898 bits per heavy atom. The van der Waals surface area contributed by atoms with Crippen molar-refractivity contribution in [3.8, 4) is 11.5 Å². The highest BCUT2D eigenvalue weighted by atomic mass is 35.5. The van der Waals surface area contributed by atoms with Crippen LogP contribution in [0.5, 0.6) is 11.5 Å². The summed E-state index contributed by atoms with van der Waals surface area (Å²) in [5, 5.41) is 13.1. The molecule has 2 aliphatic rings. The number of thioether (sulfide) groups is 2. The molecular weight excluding hydrogens is 754 g/mol. The van der Waals surface area contributed by atoms with Gasteiger partial charge >= 0.3 is 0 Å². The van der Waals surface area contributed by atoms with Crippen molar-refractivity contribution in [2.45, 2.75) is 51.6 Å². The van der Waals surface area contributed by atoms with Crippen molar-refractivity contribution in [2.24, 2.45) is 21.5 Å². The molecule has 0 radical (unpaired) electrons. The Morgan fingerprint density at radius 2 is 1.37 bits per heavy atom. The Balaban J connectivity index is 0. The Bertz CT molecular complexity index is 1290. The van der Waals surface area contributed by atoms with Gasteiger partial charge in [-0.3, -0.25) is 5.41 Å². The number of benzene rings is 2. The summed E-state index contributed by atoms with van der Waals surface area (Å²) in [6.07, 6.45) is 4.96. The van der Waals surface area contributed by atoms with E-state index in [0.29, 0.717) is 22.4 Å². The molecule has 0 amide bonds. The van der Waals surface area contributed by atoms with Gasteiger partial charge in [0.05, 0.1) is 10.8 Å². The first-order chi connectivity index (χ1) is 22.1. The summed E-state index contributed by atoms with van der Waals surface area (Å²) >= 11 is 12.5. The molecule has 10 nitrogen and oxygen atoms in total. The molecule has 2 aromatic rings. The Kier molecular flexibility index (Phi) is 29.4. The van der Waals surface area contributed by atoms with E-state index in [2.05, 4.69) is 56.6 Å². The Morgan fingerprint density at radius 3 is 1.73 bits per heavy atom. The van der Waals surface area contributed by atoms with Crippen LogP contribution in [0.15, 0.2) is 58.5 Å². The van der Waals surface area contributed by atoms with E-state index in [1.54, 1.807) is 0 Å². The molecule has 2 unspecified atom stereocenters. The number of amidine groups is 2. The molecule has 2 aromatic carbocycles. The summed E-state index contributed by atoms with van der Waals surface area (Å²) in [7, 11) is 4.30. The van der Waals surface area contributed by atoms with Gasteiger partial charge < -0.3 is 36.1 Å². The molecule has 2 heterocycles.